The van der Waals surface area contributed by atoms with Crippen molar-refractivity contribution in [1.29, 1.82) is 0 Å². The van der Waals surface area contributed by atoms with Gasteiger partial charge >= 0.3 is 5.97 Å². The summed E-state index contributed by atoms with van der Waals surface area (Å²) in [5.41, 5.74) is 0.196. The van der Waals surface area contributed by atoms with E-state index < -0.39 is 17.9 Å². The first-order valence-electron chi connectivity index (χ1n) is 6.29. The first-order valence-corrected chi connectivity index (χ1v) is 6.67. The monoisotopic (exact) mass is 298 g/mol. The first-order chi connectivity index (χ1) is 9.47. The van der Waals surface area contributed by atoms with E-state index in [-0.39, 0.29) is 10.6 Å². The Morgan fingerprint density at radius 2 is 2.30 bits per heavy atom. The summed E-state index contributed by atoms with van der Waals surface area (Å²) in [6, 6.07) is 0.438. The van der Waals surface area contributed by atoms with E-state index in [2.05, 4.69) is 10.3 Å². The fourth-order valence-corrected chi connectivity index (χ4v) is 1.70. The van der Waals surface area contributed by atoms with Crippen molar-refractivity contribution >= 4 is 23.5 Å². The second kappa shape index (κ2) is 6.09. The zero-order valence-electron chi connectivity index (χ0n) is 10.9. The van der Waals surface area contributed by atoms with Gasteiger partial charge in [0.05, 0.1) is 12.2 Å². The lowest BCUT2D eigenvalue weighted by Crippen LogP contribution is -2.38. The quantitative estimate of drug-likeness (QED) is 0.835. The molecule has 0 saturated heterocycles. The SMILES string of the molecule is C[C@@H](NC(=O)c1cnc(OCC2CC2)c(Cl)c1)C(=O)O. The van der Waals surface area contributed by atoms with E-state index in [1.807, 2.05) is 0 Å². The molecule has 0 spiro atoms. The van der Waals surface area contributed by atoms with E-state index in [1.165, 1.54) is 19.2 Å². The molecule has 1 fully saturated rings. The summed E-state index contributed by atoms with van der Waals surface area (Å²) in [5.74, 6) is -0.779. The van der Waals surface area contributed by atoms with E-state index in [4.69, 9.17) is 21.4 Å². The van der Waals surface area contributed by atoms with Gasteiger partial charge in [0.25, 0.3) is 5.91 Å². The maximum atomic E-state index is 11.8. The fourth-order valence-electron chi connectivity index (χ4n) is 1.48. The third-order valence-electron chi connectivity index (χ3n) is 2.94. The molecule has 1 aliphatic carbocycles. The number of nitrogens with one attached hydrogen (secondary N) is 1. The number of nitrogens with zero attached hydrogens (tertiary/aromatic N) is 1. The molecule has 7 heteroatoms. The number of carboxylic acids is 1. The van der Waals surface area contributed by atoms with Gasteiger partial charge in [-0.2, -0.15) is 0 Å². The summed E-state index contributed by atoms with van der Waals surface area (Å²) in [7, 11) is 0. The van der Waals surface area contributed by atoms with Crippen LogP contribution in [0.25, 0.3) is 0 Å². The standard InChI is InChI=1S/C13H15ClN2O4/c1-7(13(18)19)16-11(17)9-4-10(14)12(15-5-9)20-6-8-2-3-8/h4-5,7-8H,2-3,6H2,1H3,(H,16,17)(H,18,19)/t7-/m1/s1. The number of aliphatic carboxylic acids is 1. The minimum absolute atomic E-state index is 0.196. The maximum absolute atomic E-state index is 11.8. The molecule has 1 saturated carbocycles. The average Bonchev–Trinajstić information content (AvgIpc) is 3.21. The molecule has 0 radical (unpaired) electrons. The van der Waals surface area contributed by atoms with Gasteiger partial charge in [0.15, 0.2) is 0 Å². The summed E-state index contributed by atoms with van der Waals surface area (Å²) in [6.07, 6.45) is 3.63. The molecule has 0 bridgehead atoms. The minimum Gasteiger partial charge on any atom is -0.480 e. The Bertz CT molecular complexity index is 531. The highest BCUT2D eigenvalue weighted by atomic mass is 35.5. The number of ether oxygens (including phenoxy) is 1. The van der Waals surface area contributed by atoms with Crippen molar-refractivity contribution < 1.29 is 19.4 Å². The highest BCUT2D eigenvalue weighted by Crippen LogP contribution is 2.30. The molecular formula is C13H15ClN2O4. The van der Waals surface area contributed by atoms with Gasteiger partial charge in [-0.15, -0.1) is 0 Å². The van der Waals surface area contributed by atoms with Crippen LogP contribution in [0.5, 0.6) is 5.88 Å². The normalized spacial score (nSPS) is 15.5. The molecule has 1 heterocycles. The van der Waals surface area contributed by atoms with Gasteiger partial charge in [0.1, 0.15) is 11.1 Å². The number of hydrogen-bond acceptors (Lipinski definition) is 4. The molecule has 0 aliphatic heterocycles. The van der Waals surface area contributed by atoms with Crippen LogP contribution < -0.4 is 10.1 Å². The maximum Gasteiger partial charge on any atom is 0.325 e. The Labute approximate surface area is 121 Å². The van der Waals surface area contributed by atoms with E-state index in [1.54, 1.807) is 0 Å². The van der Waals surface area contributed by atoms with E-state index in [9.17, 15) is 9.59 Å². The molecule has 1 aliphatic rings. The van der Waals surface area contributed by atoms with Gasteiger partial charge in [-0.1, -0.05) is 11.6 Å². The number of carbonyl (C=O) groups excluding carboxylic acids is 1. The zero-order valence-corrected chi connectivity index (χ0v) is 11.7. The van der Waals surface area contributed by atoms with Gasteiger partial charge < -0.3 is 15.2 Å². The van der Waals surface area contributed by atoms with Gasteiger partial charge in [0, 0.05) is 6.20 Å². The second-order valence-corrected chi connectivity index (χ2v) is 5.21. The second-order valence-electron chi connectivity index (χ2n) is 4.80. The molecule has 108 valence electrons. The predicted octanol–water partition coefficient (Wildman–Crippen LogP) is 1.73. The Kier molecular flexibility index (Phi) is 4.44. The third kappa shape index (κ3) is 3.84. The smallest absolute Gasteiger partial charge is 0.325 e. The lowest BCUT2D eigenvalue weighted by atomic mass is 10.2. The van der Waals surface area contributed by atoms with Crippen LogP contribution in [0.15, 0.2) is 12.3 Å². The Hall–Kier alpha value is -1.82. The van der Waals surface area contributed by atoms with Crippen LogP contribution in [-0.2, 0) is 4.79 Å². The molecule has 1 aromatic rings. The van der Waals surface area contributed by atoms with Crippen molar-refractivity contribution in [3.63, 3.8) is 0 Å². The Balaban J connectivity index is 1.99. The number of carbonyl (C=O) groups is 2. The summed E-state index contributed by atoms with van der Waals surface area (Å²) in [4.78, 5) is 26.4. The van der Waals surface area contributed by atoms with Crippen LogP contribution in [0.1, 0.15) is 30.1 Å². The van der Waals surface area contributed by atoms with Crippen molar-refractivity contribution in [2.24, 2.45) is 5.92 Å². The number of amides is 1. The van der Waals surface area contributed by atoms with Crippen LogP contribution >= 0.6 is 11.6 Å². The molecule has 1 amide bonds. The predicted molar refractivity (Wildman–Crippen MR) is 72.0 cm³/mol. The van der Waals surface area contributed by atoms with E-state index in [0.717, 1.165) is 12.8 Å². The van der Waals surface area contributed by atoms with Gasteiger partial charge in [-0.25, -0.2) is 4.98 Å². The highest BCUT2D eigenvalue weighted by molar-refractivity contribution is 6.32. The molecule has 20 heavy (non-hydrogen) atoms. The molecule has 0 aromatic carbocycles. The largest absolute Gasteiger partial charge is 0.480 e. The summed E-state index contributed by atoms with van der Waals surface area (Å²) in [6.45, 7) is 1.96. The molecular weight excluding hydrogens is 284 g/mol. The fraction of sp³-hybridized carbons (Fsp3) is 0.462. The van der Waals surface area contributed by atoms with Gasteiger partial charge in [0.2, 0.25) is 5.88 Å². The van der Waals surface area contributed by atoms with Gasteiger partial charge in [-0.05, 0) is 31.7 Å². The number of carboxylic acid groups (broad SMARTS) is 1. The number of pyridine rings is 1. The highest BCUT2D eigenvalue weighted by Gasteiger charge is 2.23. The lowest BCUT2D eigenvalue weighted by molar-refractivity contribution is -0.138. The van der Waals surface area contributed by atoms with Crippen LogP contribution in [0.4, 0.5) is 0 Å². The number of rotatable bonds is 6. The van der Waals surface area contributed by atoms with Crippen LogP contribution in [0.3, 0.4) is 0 Å². The van der Waals surface area contributed by atoms with E-state index >= 15 is 0 Å². The Morgan fingerprint density at radius 1 is 1.60 bits per heavy atom. The third-order valence-corrected chi connectivity index (χ3v) is 3.21. The molecule has 2 N–H and O–H groups in total. The average molecular weight is 299 g/mol. The molecule has 1 aromatic heterocycles. The summed E-state index contributed by atoms with van der Waals surface area (Å²) < 4.78 is 5.45. The Morgan fingerprint density at radius 3 is 2.85 bits per heavy atom. The van der Waals surface area contributed by atoms with Crippen LogP contribution in [0, 0.1) is 5.92 Å². The van der Waals surface area contributed by atoms with Crippen LogP contribution in [0.2, 0.25) is 5.02 Å². The number of hydrogen-bond donors (Lipinski definition) is 2. The molecule has 0 unspecified atom stereocenters. The summed E-state index contributed by atoms with van der Waals surface area (Å²) in [5, 5.41) is 11.3. The van der Waals surface area contributed by atoms with Crippen molar-refractivity contribution in [2.75, 3.05) is 6.61 Å². The van der Waals surface area contributed by atoms with Crippen molar-refractivity contribution in [3.05, 3.63) is 22.8 Å². The van der Waals surface area contributed by atoms with Gasteiger partial charge in [-0.3, -0.25) is 9.59 Å². The molecule has 6 nitrogen and oxygen atoms in total. The summed E-state index contributed by atoms with van der Waals surface area (Å²) >= 11 is 5.99. The topological polar surface area (TPSA) is 88.5 Å². The number of aromatic nitrogens is 1. The lowest BCUT2D eigenvalue weighted by Gasteiger charge is -2.10. The molecule has 1 atom stereocenters. The van der Waals surface area contributed by atoms with Crippen molar-refractivity contribution in [1.82, 2.24) is 10.3 Å². The minimum atomic E-state index is -1.11. The van der Waals surface area contributed by atoms with Crippen LogP contribution in [-0.4, -0.2) is 34.6 Å². The number of halogens is 1. The molecule has 2 rings (SSSR count). The van der Waals surface area contributed by atoms with E-state index in [0.29, 0.717) is 18.4 Å². The van der Waals surface area contributed by atoms with Crippen molar-refractivity contribution in [3.8, 4) is 5.88 Å². The first kappa shape index (κ1) is 14.6. The zero-order chi connectivity index (χ0) is 14.7. The van der Waals surface area contributed by atoms with Crippen molar-refractivity contribution in [2.45, 2.75) is 25.8 Å².